The lowest BCUT2D eigenvalue weighted by atomic mass is 10.4. The first kappa shape index (κ1) is 11.5. The number of hydrogen-bond acceptors (Lipinski definition) is 5. The number of hydrogen-bond donors (Lipinski definition) is 1. The lowest BCUT2D eigenvalue weighted by molar-refractivity contribution is 0.755. The van der Waals surface area contributed by atoms with Crippen LogP contribution in [0, 0.1) is 0 Å². The van der Waals surface area contributed by atoms with Crippen molar-refractivity contribution in [1.29, 1.82) is 0 Å². The van der Waals surface area contributed by atoms with Gasteiger partial charge in [-0.3, -0.25) is 0 Å². The van der Waals surface area contributed by atoms with Crippen molar-refractivity contribution in [3.63, 3.8) is 0 Å². The molecule has 0 aliphatic carbocycles. The van der Waals surface area contributed by atoms with E-state index in [2.05, 4.69) is 15.0 Å². The first-order chi connectivity index (χ1) is 9.15. The van der Waals surface area contributed by atoms with Gasteiger partial charge in [0.2, 0.25) is 0 Å². The SMILES string of the molecule is CN(Cc1nccn1C)c1nc(N)cn2ccnc12. The number of aryl methyl sites for hydroxylation is 1. The summed E-state index contributed by atoms with van der Waals surface area (Å²) in [7, 11) is 3.92. The number of fused-ring (bicyclic) bond motifs is 1. The second-order valence-corrected chi connectivity index (χ2v) is 4.46. The van der Waals surface area contributed by atoms with Gasteiger partial charge >= 0.3 is 0 Å². The summed E-state index contributed by atoms with van der Waals surface area (Å²) in [5.74, 6) is 2.16. The largest absolute Gasteiger partial charge is 0.382 e. The summed E-state index contributed by atoms with van der Waals surface area (Å²) in [6.45, 7) is 0.641. The van der Waals surface area contributed by atoms with Crippen LogP contribution in [0.1, 0.15) is 5.82 Å². The van der Waals surface area contributed by atoms with Crippen LogP contribution in [0.25, 0.3) is 5.65 Å². The molecule has 0 saturated heterocycles. The molecule has 0 fully saturated rings. The van der Waals surface area contributed by atoms with Crippen LogP contribution in [0.15, 0.2) is 31.0 Å². The van der Waals surface area contributed by atoms with Crippen molar-refractivity contribution in [3.05, 3.63) is 36.8 Å². The third kappa shape index (κ3) is 1.99. The monoisotopic (exact) mass is 257 g/mol. The standard InChI is InChI=1S/C12H15N7/c1-17-5-3-14-10(17)8-18(2)12-11-15-4-6-19(11)7-9(13)16-12/h3-7H,8,13H2,1-2H3. The highest BCUT2D eigenvalue weighted by Gasteiger charge is 2.13. The van der Waals surface area contributed by atoms with Crippen LogP contribution in [-0.2, 0) is 13.6 Å². The highest BCUT2D eigenvalue weighted by atomic mass is 15.2. The number of imidazole rings is 2. The minimum Gasteiger partial charge on any atom is -0.382 e. The van der Waals surface area contributed by atoms with E-state index in [0.29, 0.717) is 12.4 Å². The third-order valence-corrected chi connectivity index (χ3v) is 3.04. The second-order valence-electron chi connectivity index (χ2n) is 4.46. The Hall–Kier alpha value is -2.57. The molecule has 3 rings (SSSR count). The Kier molecular flexibility index (Phi) is 2.59. The number of nitrogens with zero attached hydrogens (tertiary/aromatic N) is 6. The van der Waals surface area contributed by atoms with Crippen molar-refractivity contribution in [2.45, 2.75) is 6.54 Å². The number of aromatic nitrogens is 5. The molecular weight excluding hydrogens is 242 g/mol. The first-order valence-corrected chi connectivity index (χ1v) is 5.91. The van der Waals surface area contributed by atoms with E-state index in [0.717, 1.165) is 17.3 Å². The van der Waals surface area contributed by atoms with Crippen molar-refractivity contribution in [3.8, 4) is 0 Å². The molecule has 3 heterocycles. The second kappa shape index (κ2) is 4.27. The number of nitrogens with two attached hydrogens (primary N) is 1. The summed E-state index contributed by atoms with van der Waals surface area (Å²) in [6, 6.07) is 0. The Balaban J connectivity index is 1.99. The average molecular weight is 257 g/mol. The van der Waals surface area contributed by atoms with E-state index in [1.54, 1.807) is 18.6 Å². The predicted molar refractivity (Wildman–Crippen MR) is 72.7 cm³/mol. The molecule has 2 N–H and O–H groups in total. The molecule has 0 unspecified atom stereocenters. The maximum atomic E-state index is 5.82. The smallest absolute Gasteiger partial charge is 0.180 e. The van der Waals surface area contributed by atoms with Gasteiger partial charge in [0, 0.05) is 38.9 Å². The molecule has 0 aliphatic rings. The van der Waals surface area contributed by atoms with Crippen LogP contribution in [0.4, 0.5) is 11.6 Å². The van der Waals surface area contributed by atoms with Crippen molar-refractivity contribution in [2.75, 3.05) is 17.7 Å². The fourth-order valence-electron chi connectivity index (χ4n) is 2.03. The van der Waals surface area contributed by atoms with E-state index in [1.165, 1.54) is 0 Å². The van der Waals surface area contributed by atoms with Crippen molar-refractivity contribution < 1.29 is 0 Å². The molecule has 98 valence electrons. The Morgan fingerprint density at radius 3 is 2.79 bits per heavy atom. The Labute approximate surface area is 110 Å². The molecule has 0 radical (unpaired) electrons. The first-order valence-electron chi connectivity index (χ1n) is 5.91. The third-order valence-electron chi connectivity index (χ3n) is 3.04. The molecule has 7 heteroatoms. The molecule has 0 aliphatic heterocycles. The lowest BCUT2D eigenvalue weighted by Gasteiger charge is -2.18. The highest BCUT2D eigenvalue weighted by Crippen LogP contribution is 2.19. The summed E-state index contributed by atoms with van der Waals surface area (Å²) in [4.78, 5) is 15.0. The van der Waals surface area contributed by atoms with E-state index < -0.39 is 0 Å². The highest BCUT2D eigenvalue weighted by molar-refractivity contribution is 5.65. The zero-order valence-electron chi connectivity index (χ0n) is 10.9. The van der Waals surface area contributed by atoms with Gasteiger partial charge in [-0.25, -0.2) is 15.0 Å². The average Bonchev–Trinajstić information content (AvgIpc) is 2.98. The molecule has 0 amide bonds. The van der Waals surface area contributed by atoms with Crippen LogP contribution in [0.2, 0.25) is 0 Å². The quantitative estimate of drug-likeness (QED) is 0.746. The van der Waals surface area contributed by atoms with E-state index in [4.69, 9.17) is 5.73 Å². The van der Waals surface area contributed by atoms with Gasteiger partial charge in [0.25, 0.3) is 0 Å². The van der Waals surface area contributed by atoms with Gasteiger partial charge in [-0.2, -0.15) is 0 Å². The van der Waals surface area contributed by atoms with E-state index >= 15 is 0 Å². The van der Waals surface area contributed by atoms with Crippen molar-refractivity contribution >= 4 is 17.3 Å². The van der Waals surface area contributed by atoms with Crippen LogP contribution < -0.4 is 10.6 Å². The molecule has 0 bridgehead atoms. The van der Waals surface area contributed by atoms with Gasteiger partial charge in [0.15, 0.2) is 11.5 Å². The van der Waals surface area contributed by atoms with Crippen LogP contribution >= 0.6 is 0 Å². The summed E-state index contributed by atoms with van der Waals surface area (Å²) in [5, 5.41) is 0. The van der Waals surface area contributed by atoms with Gasteiger partial charge in [0.1, 0.15) is 11.6 Å². The maximum Gasteiger partial charge on any atom is 0.180 e. The van der Waals surface area contributed by atoms with Crippen molar-refractivity contribution in [1.82, 2.24) is 23.9 Å². The van der Waals surface area contributed by atoms with Gasteiger partial charge in [-0.05, 0) is 0 Å². The molecular formula is C12H15N7. The fourth-order valence-corrected chi connectivity index (χ4v) is 2.03. The Bertz CT molecular complexity index is 712. The molecule has 0 aromatic carbocycles. The molecule has 0 atom stereocenters. The summed E-state index contributed by atoms with van der Waals surface area (Å²) in [5.41, 5.74) is 6.60. The topological polar surface area (TPSA) is 77.3 Å². The number of nitrogen functional groups attached to an aromatic ring is 1. The summed E-state index contributed by atoms with van der Waals surface area (Å²) < 4.78 is 3.85. The molecule has 19 heavy (non-hydrogen) atoms. The van der Waals surface area contributed by atoms with E-state index in [-0.39, 0.29) is 0 Å². The molecule has 0 spiro atoms. The zero-order chi connectivity index (χ0) is 13.4. The minimum atomic E-state index is 0.465. The molecule has 3 aromatic heterocycles. The van der Waals surface area contributed by atoms with Gasteiger partial charge < -0.3 is 19.6 Å². The molecule has 0 saturated carbocycles. The molecule has 3 aromatic rings. The summed E-state index contributed by atoms with van der Waals surface area (Å²) in [6.07, 6.45) is 9.03. The minimum absolute atomic E-state index is 0.465. The zero-order valence-corrected chi connectivity index (χ0v) is 10.9. The van der Waals surface area contributed by atoms with E-state index in [9.17, 15) is 0 Å². The Morgan fingerprint density at radius 2 is 2.05 bits per heavy atom. The van der Waals surface area contributed by atoms with Crippen molar-refractivity contribution in [2.24, 2.45) is 7.05 Å². The maximum absolute atomic E-state index is 5.82. The molecule has 7 nitrogen and oxygen atoms in total. The summed E-state index contributed by atoms with van der Waals surface area (Å²) >= 11 is 0. The predicted octanol–water partition coefficient (Wildman–Crippen LogP) is 0.681. The normalized spacial score (nSPS) is 11.1. The van der Waals surface area contributed by atoms with Gasteiger partial charge in [0.05, 0.1) is 12.7 Å². The fraction of sp³-hybridized carbons (Fsp3) is 0.250. The number of rotatable bonds is 3. The van der Waals surface area contributed by atoms with Gasteiger partial charge in [-0.1, -0.05) is 0 Å². The van der Waals surface area contributed by atoms with Crippen LogP contribution in [0.5, 0.6) is 0 Å². The Morgan fingerprint density at radius 1 is 1.26 bits per heavy atom. The number of anilines is 2. The van der Waals surface area contributed by atoms with Crippen LogP contribution in [0.3, 0.4) is 0 Å². The van der Waals surface area contributed by atoms with Gasteiger partial charge in [-0.15, -0.1) is 0 Å². The lowest BCUT2D eigenvalue weighted by Crippen LogP contribution is -2.21. The van der Waals surface area contributed by atoms with E-state index in [1.807, 2.05) is 40.4 Å². The van der Waals surface area contributed by atoms with Crippen LogP contribution in [-0.4, -0.2) is 31.0 Å².